The van der Waals surface area contributed by atoms with Crippen molar-refractivity contribution in [1.82, 2.24) is 0 Å². The molecule has 0 bridgehead atoms. The molecule has 2 rings (SSSR count). The molecule has 0 radical (unpaired) electrons. The van der Waals surface area contributed by atoms with Crippen LogP contribution in [0.4, 0.5) is 11.4 Å². The molecule has 118 valence electrons. The smallest absolute Gasteiger partial charge is 0.152 e. The number of hydrogen-bond donors (Lipinski definition) is 3. The topological polar surface area (TPSA) is 89.3 Å². The van der Waals surface area contributed by atoms with E-state index in [2.05, 4.69) is 0 Å². The minimum absolute atomic E-state index is 0.0623. The predicted octanol–water partition coefficient (Wildman–Crippen LogP) is 3.77. The van der Waals surface area contributed by atoms with Gasteiger partial charge in [-0.2, -0.15) is 0 Å². The van der Waals surface area contributed by atoms with Crippen molar-refractivity contribution >= 4 is 40.9 Å². The van der Waals surface area contributed by atoms with Gasteiger partial charge in [-0.1, -0.05) is 23.2 Å². The molecule has 0 fully saturated rings. The molecule has 0 aromatic heterocycles. The maximum atomic E-state index is 10.4. The Morgan fingerprint density at radius 3 is 2.00 bits per heavy atom. The van der Waals surface area contributed by atoms with Gasteiger partial charge in [0.15, 0.2) is 6.29 Å². The van der Waals surface area contributed by atoms with E-state index in [-0.39, 0.29) is 6.61 Å². The van der Waals surface area contributed by atoms with Gasteiger partial charge in [0.1, 0.15) is 0 Å². The van der Waals surface area contributed by atoms with Crippen molar-refractivity contribution in [2.24, 2.45) is 0 Å². The monoisotopic (exact) mass is 340 g/mol. The minimum Gasteiger partial charge on any atom is -0.398 e. The Hall–Kier alpha value is -1.75. The zero-order chi connectivity index (χ0) is 16.9. The van der Waals surface area contributed by atoms with Crippen LogP contribution in [0.2, 0.25) is 10.0 Å². The number of halogens is 2. The molecule has 0 aliphatic heterocycles. The number of hydrogen-bond acceptors (Lipinski definition) is 4. The van der Waals surface area contributed by atoms with E-state index in [0.717, 1.165) is 11.1 Å². The van der Waals surface area contributed by atoms with Crippen LogP contribution in [-0.4, -0.2) is 11.4 Å². The summed E-state index contributed by atoms with van der Waals surface area (Å²) >= 11 is 11.4. The van der Waals surface area contributed by atoms with E-state index in [0.29, 0.717) is 38.8 Å². The highest BCUT2D eigenvalue weighted by atomic mass is 35.5. The summed E-state index contributed by atoms with van der Waals surface area (Å²) in [5, 5.41) is 9.98. The van der Waals surface area contributed by atoms with E-state index >= 15 is 0 Å². The highest BCUT2D eigenvalue weighted by Crippen LogP contribution is 2.22. The van der Waals surface area contributed by atoms with Crippen LogP contribution in [0.15, 0.2) is 24.3 Å². The maximum absolute atomic E-state index is 10.4. The van der Waals surface area contributed by atoms with Gasteiger partial charge in [-0.15, -0.1) is 0 Å². The van der Waals surface area contributed by atoms with Gasteiger partial charge in [0.25, 0.3) is 0 Å². The summed E-state index contributed by atoms with van der Waals surface area (Å²) in [6.45, 7) is 3.61. The highest BCUT2D eigenvalue weighted by Gasteiger charge is 2.02. The highest BCUT2D eigenvalue weighted by molar-refractivity contribution is 6.31. The molecule has 0 saturated heterocycles. The number of aldehydes is 1. The molecule has 0 atom stereocenters. The molecule has 0 saturated carbocycles. The first-order valence-corrected chi connectivity index (χ1v) is 7.21. The van der Waals surface area contributed by atoms with Crippen LogP contribution in [0.1, 0.15) is 27.0 Å². The summed E-state index contributed by atoms with van der Waals surface area (Å²) in [7, 11) is 0. The summed E-state index contributed by atoms with van der Waals surface area (Å²) in [6.07, 6.45) is 0.703. The number of rotatable bonds is 2. The zero-order valence-corrected chi connectivity index (χ0v) is 13.9. The van der Waals surface area contributed by atoms with Gasteiger partial charge in [0.2, 0.25) is 0 Å². The van der Waals surface area contributed by atoms with Crippen LogP contribution in [0.3, 0.4) is 0 Å². The van der Waals surface area contributed by atoms with Crippen LogP contribution in [-0.2, 0) is 6.61 Å². The van der Waals surface area contributed by atoms with E-state index in [1.807, 2.05) is 13.8 Å². The third kappa shape index (κ3) is 4.63. The molecule has 6 heteroatoms. The van der Waals surface area contributed by atoms with E-state index in [4.69, 9.17) is 39.8 Å². The van der Waals surface area contributed by atoms with E-state index in [1.165, 1.54) is 0 Å². The Balaban J connectivity index is 0.000000220. The standard InChI is InChI=1S/C8H10ClNO.C8H8ClNO/c2*1-5-2-7(9)3-6(4-11)8(5)10/h2-3,11H,4,10H2,1H3;2-4H,10H2,1H3. The van der Waals surface area contributed by atoms with Gasteiger partial charge in [-0.3, -0.25) is 4.79 Å². The largest absolute Gasteiger partial charge is 0.398 e. The van der Waals surface area contributed by atoms with Crippen molar-refractivity contribution in [2.75, 3.05) is 11.5 Å². The van der Waals surface area contributed by atoms with Gasteiger partial charge >= 0.3 is 0 Å². The average Bonchev–Trinajstić information content (AvgIpc) is 2.47. The molecular formula is C16H18Cl2N2O2. The molecular weight excluding hydrogens is 323 g/mol. The molecule has 0 amide bonds. The quantitative estimate of drug-likeness (QED) is 0.573. The number of nitrogen functional groups attached to an aromatic ring is 2. The van der Waals surface area contributed by atoms with Crippen molar-refractivity contribution in [3.8, 4) is 0 Å². The molecule has 0 aliphatic carbocycles. The van der Waals surface area contributed by atoms with Crippen LogP contribution in [0, 0.1) is 13.8 Å². The van der Waals surface area contributed by atoms with Crippen molar-refractivity contribution in [2.45, 2.75) is 20.5 Å². The Kier molecular flexibility index (Phi) is 6.68. The van der Waals surface area contributed by atoms with Crippen LogP contribution >= 0.6 is 23.2 Å². The van der Waals surface area contributed by atoms with Crippen molar-refractivity contribution < 1.29 is 9.90 Å². The lowest BCUT2D eigenvalue weighted by atomic mass is 10.1. The molecule has 2 aromatic carbocycles. The molecule has 0 spiro atoms. The molecule has 22 heavy (non-hydrogen) atoms. The lowest BCUT2D eigenvalue weighted by Gasteiger charge is -2.05. The number of carbonyl (C=O) groups excluding carboxylic acids is 1. The number of nitrogens with two attached hydrogens (primary N) is 2. The number of anilines is 2. The summed E-state index contributed by atoms with van der Waals surface area (Å²) in [6, 6.07) is 6.72. The number of carbonyl (C=O) groups is 1. The molecule has 0 heterocycles. The predicted molar refractivity (Wildman–Crippen MR) is 92.5 cm³/mol. The van der Waals surface area contributed by atoms with Crippen molar-refractivity contribution in [3.05, 3.63) is 56.6 Å². The van der Waals surface area contributed by atoms with E-state index < -0.39 is 0 Å². The number of aryl methyl sites for hydroxylation is 2. The van der Waals surface area contributed by atoms with Crippen LogP contribution in [0.5, 0.6) is 0 Å². The van der Waals surface area contributed by atoms with E-state index in [9.17, 15) is 4.79 Å². The first-order valence-electron chi connectivity index (χ1n) is 6.46. The average molecular weight is 341 g/mol. The van der Waals surface area contributed by atoms with Gasteiger partial charge in [0.05, 0.1) is 6.61 Å². The second-order valence-corrected chi connectivity index (χ2v) is 5.67. The van der Waals surface area contributed by atoms with Gasteiger partial charge in [-0.25, -0.2) is 0 Å². The Bertz CT molecular complexity index is 688. The fourth-order valence-corrected chi connectivity index (χ4v) is 2.41. The van der Waals surface area contributed by atoms with Crippen LogP contribution in [0.25, 0.3) is 0 Å². The molecule has 0 aliphatic rings. The first-order chi connectivity index (χ1) is 10.3. The lowest BCUT2D eigenvalue weighted by Crippen LogP contribution is -1.96. The summed E-state index contributed by atoms with van der Waals surface area (Å²) in [5.74, 6) is 0. The Labute approximate surface area is 139 Å². The SMILES string of the molecule is Cc1cc(Cl)cc(C=O)c1N.Cc1cc(Cl)cc(CO)c1N. The number of aliphatic hydroxyl groups excluding tert-OH is 1. The molecule has 4 nitrogen and oxygen atoms in total. The van der Waals surface area contributed by atoms with Gasteiger partial charge < -0.3 is 16.6 Å². The second-order valence-electron chi connectivity index (χ2n) is 4.80. The Morgan fingerprint density at radius 1 is 1.00 bits per heavy atom. The zero-order valence-electron chi connectivity index (χ0n) is 12.4. The summed E-state index contributed by atoms with van der Waals surface area (Å²) < 4.78 is 0. The Morgan fingerprint density at radius 2 is 1.50 bits per heavy atom. The first kappa shape index (κ1) is 18.3. The third-order valence-electron chi connectivity index (χ3n) is 3.12. The fraction of sp³-hybridized carbons (Fsp3) is 0.188. The molecule has 2 aromatic rings. The third-order valence-corrected chi connectivity index (χ3v) is 3.55. The van der Waals surface area contributed by atoms with E-state index in [1.54, 1.807) is 24.3 Å². The van der Waals surface area contributed by atoms with Gasteiger partial charge in [0, 0.05) is 32.5 Å². The maximum Gasteiger partial charge on any atom is 0.152 e. The lowest BCUT2D eigenvalue weighted by molar-refractivity contribution is 0.112. The number of benzene rings is 2. The molecule has 5 N–H and O–H groups in total. The fourth-order valence-electron chi connectivity index (χ4n) is 1.83. The molecule has 0 unspecified atom stereocenters. The normalized spacial score (nSPS) is 9.86. The summed E-state index contributed by atoms with van der Waals surface area (Å²) in [5.41, 5.74) is 15.2. The van der Waals surface area contributed by atoms with Crippen LogP contribution < -0.4 is 11.5 Å². The summed E-state index contributed by atoms with van der Waals surface area (Å²) in [4.78, 5) is 10.4. The number of aliphatic hydroxyl groups is 1. The van der Waals surface area contributed by atoms with Crippen molar-refractivity contribution in [3.63, 3.8) is 0 Å². The van der Waals surface area contributed by atoms with Crippen molar-refractivity contribution in [1.29, 1.82) is 0 Å². The second kappa shape index (κ2) is 8.03. The van der Waals surface area contributed by atoms with Gasteiger partial charge in [-0.05, 0) is 49.2 Å². The minimum atomic E-state index is -0.0623.